The van der Waals surface area contributed by atoms with E-state index in [2.05, 4.69) is 25.9 Å². The van der Waals surface area contributed by atoms with Crippen LogP contribution in [0.15, 0.2) is 53.3 Å². The van der Waals surface area contributed by atoms with Crippen LogP contribution in [0.1, 0.15) is 24.8 Å². The summed E-state index contributed by atoms with van der Waals surface area (Å²) in [5.41, 5.74) is 0.588. The summed E-state index contributed by atoms with van der Waals surface area (Å²) in [6.07, 6.45) is -0.181. The number of nitrogens with one attached hydrogen (secondary N) is 4. The van der Waals surface area contributed by atoms with Gasteiger partial charge >= 0.3 is 0 Å². The Bertz CT molecular complexity index is 1260. The zero-order chi connectivity index (χ0) is 23.4. The molecule has 0 saturated heterocycles. The van der Waals surface area contributed by atoms with E-state index < -0.39 is 23.3 Å². The predicted molar refractivity (Wildman–Crippen MR) is 123 cm³/mol. The Labute approximate surface area is 189 Å². The van der Waals surface area contributed by atoms with E-state index >= 15 is 0 Å². The summed E-state index contributed by atoms with van der Waals surface area (Å²) >= 11 is 0. The van der Waals surface area contributed by atoms with Crippen LogP contribution in [0.2, 0.25) is 0 Å². The highest BCUT2D eigenvalue weighted by Gasteiger charge is 2.35. The Morgan fingerprint density at radius 3 is 2.52 bits per heavy atom. The van der Waals surface area contributed by atoms with Crippen molar-refractivity contribution in [2.75, 3.05) is 29.7 Å². The lowest BCUT2D eigenvalue weighted by Crippen LogP contribution is -2.36. The third-order valence-electron chi connectivity index (χ3n) is 5.07. The van der Waals surface area contributed by atoms with Crippen molar-refractivity contribution in [3.05, 3.63) is 64.4 Å². The Morgan fingerprint density at radius 1 is 1.09 bits per heavy atom. The predicted octanol–water partition coefficient (Wildman–Crippen LogP) is 2.99. The highest BCUT2D eigenvalue weighted by molar-refractivity contribution is 6.05. The SMILES string of the molecule is CCOc1ccccc1NC(=O)[C@@H]1CC(=O)Nc2nc(Nc3ccccc3OC)[nH]c(=O)c21. The average molecular weight is 449 g/mol. The number of hydrogen-bond donors (Lipinski definition) is 4. The molecule has 2 aromatic carbocycles. The Hall–Kier alpha value is -4.34. The van der Waals surface area contributed by atoms with Crippen molar-refractivity contribution < 1.29 is 19.1 Å². The number of rotatable bonds is 7. The Kier molecular flexibility index (Phi) is 6.25. The number of anilines is 4. The van der Waals surface area contributed by atoms with Crippen molar-refractivity contribution in [2.24, 2.45) is 0 Å². The fourth-order valence-electron chi connectivity index (χ4n) is 3.60. The average Bonchev–Trinajstić information content (AvgIpc) is 2.80. The van der Waals surface area contributed by atoms with Gasteiger partial charge in [-0.2, -0.15) is 4.98 Å². The third-order valence-corrected chi connectivity index (χ3v) is 5.07. The van der Waals surface area contributed by atoms with Crippen molar-refractivity contribution in [3.63, 3.8) is 0 Å². The van der Waals surface area contributed by atoms with E-state index in [4.69, 9.17) is 9.47 Å². The molecule has 10 nitrogen and oxygen atoms in total. The third kappa shape index (κ3) is 4.64. The first-order chi connectivity index (χ1) is 16.0. The van der Waals surface area contributed by atoms with Gasteiger partial charge in [-0.25, -0.2) is 0 Å². The minimum atomic E-state index is -1.01. The number of carbonyl (C=O) groups excluding carboxylic acids is 2. The molecular formula is C23H23N5O5. The van der Waals surface area contributed by atoms with E-state index in [1.54, 1.807) is 48.5 Å². The van der Waals surface area contributed by atoms with Crippen molar-refractivity contribution in [3.8, 4) is 11.5 Å². The summed E-state index contributed by atoms with van der Waals surface area (Å²) in [6.45, 7) is 2.26. The maximum Gasteiger partial charge on any atom is 0.258 e. The highest BCUT2D eigenvalue weighted by atomic mass is 16.5. The molecule has 3 aromatic rings. The number of carbonyl (C=O) groups is 2. The molecule has 1 aromatic heterocycles. The van der Waals surface area contributed by atoms with Gasteiger partial charge in [0, 0.05) is 6.42 Å². The molecule has 2 heterocycles. The molecule has 0 radical (unpaired) electrons. The van der Waals surface area contributed by atoms with Crippen LogP contribution in [0.4, 0.5) is 23.1 Å². The van der Waals surface area contributed by atoms with Gasteiger partial charge in [0.1, 0.15) is 17.3 Å². The molecule has 1 aliphatic heterocycles. The van der Waals surface area contributed by atoms with Crippen LogP contribution in [0.5, 0.6) is 11.5 Å². The van der Waals surface area contributed by atoms with Crippen LogP contribution in [0, 0.1) is 0 Å². The van der Waals surface area contributed by atoms with Gasteiger partial charge in [-0.15, -0.1) is 0 Å². The van der Waals surface area contributed by atoms with E-state index in [1.807, 2.05) is 6.92 Å². The number of fused-ring (bicyclic) bond motifs is 1. The Balaban J connectivity index is 1.64. The van der Waals surface area contributed by atoms with E-state index in [1.165, 1.54) is 7.11 Å². The van der Waals surface area contributed by atoms with Crippen molar-refractivity contribution in [2.45, 2.75) is 19.3 Å². The second kappa shape index (κ2) is 9.43. The second-order valence-electron chi connectivity index (χ2n) is 7.23. The molecule has 1 atom stereocenters. The summed E-state index contributed by atoms with van der Waals surface area (Å²) in [5, 5.41) is 8.33. The fraction of sp³-hybridized carbons (Fsp3) is 0.217. The summed E-state index contributed by atoms with van der Waals surface area (Å²) in [4.78, 5) is 45.3. The first kappa shape index (κ1) is 21.9. The Morgan fingerprint density at radius 2 is 1.79 bits per heavy atom. The van der Waals surface area contributed by atoms with Crippen LogP contribution in [0.3, 0.4) is 0 Å². The van der Waals surface area contributed by atoms with Gasteiger partial charge in [-0.3, -0.25) is 19.4 Å². The number of aromatic amines is 1. The number of nitrogens with zero attached hydrogens (tertiary/aromatic N) is 1. The molecule has 1 aliphatic rings. The number of ether oxygens (including phenoxy) is 2. The minimum absolute atomic E-state index is 0.0330. The molecular weight excluding hydrogens is 426 g/mol. The molecule has 0 spiro atoms. The molecule has 2 amide bonds. The molecule has 4 N–H and O–H groups in total. The van der Waals surface area contributed by atoms with Crippen LogP contribution < -0.4 is 31.0 Å². The summed E-state index contributed by atoms with van der Waals surface area (Å²) in [6, 6.07) is 14.1. The van der Waals surface area contributed by atoms with Gasteiger partial charge in [0.05, 0.1) is 36.6 Å². The highest BCUT2D eigenvalue weighted by Crippen LogP contribution is 2.32. The van der Waals surface area contributed by atoms with E-state index in [0.717, 1.165) is 0 Å². The lowest BCUT2D eigenvalue weighted by molar-refractivity contribution is -0.123. The van der Waals surface area contributed by atoms with Gasteiger partial charge in [0.15, 0.2) is 0 Å². The molecule has 0 unspecified atom stereocenters. The minimum Gasteiger partial charge on any atom is -0.495 e. The molecule has 4 rings (SSSR count). The largest absolute Gasteiger partial charge is 0.495 e. The zero-order valence-electron chi connectivity index (χ0n) is 18.1. The molecule has 10 heteroatoms. The number of aromatic nitrogens is 2. The van der Waals surface area contributed by atoms with Gasteiger partial charge < -0.3 is 25.4 Å². The lowest BCUT2D eigenvalue weighted by Gasteiger charge is -2.24. The van der Waals surface area contributed by atoms with Crippen molar-refractivity contribution in [1.29, 1.82) is 0 Å². The van der Waals surface area contributed by atoms with Crippen LogP contribution in [0.25, 0.3) is 0 Å². The summed E-state index contributed by atoms with van der Waals surface area (Å²) < 4.78 is 10.8. The van der Waals surface area contributed by atoms with E-state index in [9.17, 15) is 14.4 Å². The summed E-state index contributed by atoms with van der Waals surface area (Å²) in [7, 11) is 1.52. The second-order valence-corrected chi connectivity index (χ2v) is 7.23. The molecule has 0 bridgehead atoms. The number of benzene rings is 2. The first-order valence-electron chi connectivity index (χ1n) is 10.4. The maximum atomic E-state index is 13.1. The van der Waals surface area contributed by atoms with Gasteiger partial charge in [0.25, 0.3) is 5.56 Å². The zero-order valence-corrected chi connectivity index (χ0v) is 18.1. The number of H-pyrrole nitrogens is 1. The first-order valence-corrected chi connectivity index (χ1v) is 10.4. The molecule has 0 aliphatic carbocycles. The molecule has 170 valence electrons. The number of amides is 2. The van der Waals surface area contributed by atoms with Gasteiger partial charge in [0.2, 0.25) is 17.8 Å². The van der Waals surface area contributed by atoms with E-state index in [0.29, 0.717) is 29.5 Å². The van der Waals surface area contributed by atoms with Crippen molar-refractivity contribution >= 4 is 35.0 Å². The smallest absolute Gasteiger partial charge is 0.258 e. The van der Waals surface area contributed by atoms with Gasteiger partial charge in [-0.1, -0.05) is 24.3 Å². The van der Waals surface area contributed by atoms with E-state index in [-0.39, 0.29) is 23.8 Å². The van der Waals surface area contributed by atoms with Crippen LogP contribution in [-0.4, -0.2) is 35.5 Å². The quantitative estimate of drug-likeness (QED) is 0.436. The standard InChI is InChI=1S/C23H23N5O5/c1-3-33-17-11-7-5-9-15(17)24-21(30)13-12-18(29)26-20-19(13)22(31)28-23(27-20)25-14-8-4-6-10-16(14)32-2/h4-11,13H,3,12H2,1-2H3,(H,24,30)(H3,25,26,27,28,29,31)/t13-/m1/s1. The number of hydrogen-bond acceptors (Lipinski definition) is 7. The topological polar surface area (TPSA) is 134 Å². The fourth-order valence-corrected chi connectivity index (χ4v) is 3.60. The number of para-hydroxylation sites is 4. The van der Waals surface area contributed by atoms with Crippen LogP contribution >= 0.6 is 0 Å². The summed E-state index contributed by atoms with van der Waals surface area (Å²) in [5.74, 6) is -0.751. The molecule has 0 fully saturated rings. The maximum absolute atomic E-state index is 13.1. The van der Waals surface area contributed by atoms with Gasteiger partial charge in [-0.05, 0) is 31.2 Å². The molecule has 0 saturated carbocycles. The van der Waals surface area contributed by atoms with Crippen molar-refractivity contribution in [1.82, 2.24) is 9.97 Å². The van der Waals surface area contributed by atoms with Crippen LogP contribution in [-0.2, 0) is 9.59 Å². The molecule has 33 heavy (non-hydrogen) atoms. The normalized spacial score (nSPS) is 14.6. The lowest BCUT2D eigenvalue weighted by atomic mass is 9.92. The number of methoxy groups -OCH3 is 1. The monoisotopic (exact) mass is 449 g/mol.